The van der Waals surface area contributed by atoms with Gasteiger partial charge in [-0.15, -0.1) is 0 Å². The zero-order chi connectivity index (χ0) is 14.8. The molecule has 1 aromatic carbocycles. The Kier molecular flexibility index (Phi) is 4.28. The van der Waals surface area contributed by atoms with E-state index in [0.29, 0.717) is 26.1 Å². The fourth-order valence-electron chi connectivity index (χ4n) is 2.15. The normalized spacial score (nSPS) is 18.9. The maximum Gasteiger partial charge on any atom is 0.243 e. The quantitative estimate of drug-likeness (QED) is 0.691. The minimum absolute atomic E-state index is 0.322. The Morgan fingerprint density at radius 2 is 2.05 bits per heavy atom. The number of ether oxygens (including phenoxy) is 1. The van der Waals surface area contributed by atoms with Crippen LogP contribution in [0, 0.1) is 5.82 Å². The summed E-state index contributed by atoms with van der Waals surface area (Å²) in [5.41, 5.74) is 4.06. The molecule has 0 aromatic heterocycles. The Labute approximate surface area is 116 Å². The minimum Gasteiger partial charge on any atom is -0.395 e. The largest absolute Gasteiger partial charge is 0.395 e. The molecule has 6 nitrogen and oxygen atoms in total. The van der Waals surface area contributed by atoms with Gasteiger partial charge in [-0.25, -0.2) is 17.5 Å². The molecule has 1 aromatic rings. The number of hydrogen-bond donors (Lipinski definition) is 3. The summed E-state index contributed by atoms with van der Waals surface area (Å²) in [5, 5.41) is 9.49. The summed E-state index contributed by atoms with van der Waals surface area (Å²) < 4.78 is 45.6. The second-order valence-electron chi connectivity index (χ2n) is 4.81. The summed E-state index contributed by atoms with van der Waals surface area (Å²) >= 11 is 0. The van der Waals surface area contributed by atoms with Gasteiger partial charge in [0, 0.05) is 13.2 Å². The smallest absolute Gasteiger partial charge is 0.243 e. The van der Waals surface area contributed by atoms with Crippen molar-refractivity contribution in [1.29, 1.82) is 0 Å². The highest BCUT2D eigenvalue weighted by Crippen LogP contribution is 2.26. The maximum atomic E-state index is 13.4. The number of nitrogens with one attached hydrogen (secondary N) is 1. The van der Waals surface area contributed by atoms with Gasteiger partial charge in [0.2, 0.25) is 10.0 Å². The van der Waals surface area contributed by atoms with E-state index in [4.69, 9.17) is 10.5 Å². The van der Waals surface area contributed by atoms with E-state index in [-0.39, 0.29) is 11.5 Å². The highest BCUT2D eigenvalue weighted by atomic mass is 32.2. The fourth-order valence-corrected chi connectivity index (χ4v) is 3.74. The monoisotopic (exact) mass is 304 g/mol. The van der Waals surface area contributed by atoms with Crippen molar-refractivity contribution in [2.75, 3.05) is 25.6 Å². The van der Waals surface area contributed by atoms with Crippen molar-refractivity contribution < 1.29 is 22.7 Å². The molecule has 0 aliphatic carbocycles. The Balaban J connectivity index is 2.33. The molecular formula is C12H17FN2O4S. The zero-order valence-electron chi connectivity index (χ0n) is 10.8. The molecule has 0 radical (unpaired) electrons. The third-order valence-corrected chi connectivity index (χ3v) is 5.04. The lowest BCUT2D eigenvalue weighted by molar-refractivity contribution is 0.0223. The molecule has 1 heterocycles. The van der Waals surface area contributed by atoms with Crippen LogP contribution in [0.5, 0.6) is 0 Å². The van der Waals surface area contributed by atoms with E-state index in [0.717, 1.165) is 6.07 Å². The van der Waals surface area contributed by atoms with Crippen LogP contribution >= 0.6 is 0 Å². The van der Waals surface area contributed by atoms with Crippen LogP contribution in [0.15, 0.2) is 23.1 Å². The number of anilines is 1. The van der Waals surface area contributed by atoms with Gasteiger partial charge >= 0.3 is 0 Å². The first kappa shape index (κ1) is 15.2. The van der Waals surface area contributed by atoms with E-state index >= 15 is 0 Å². The molecule has 0 bridgehead atoms. The molecule has 2 rings (SSSR count). The van der Waals surface area contributed by atoms with Gasteiger partial charge in [-0.2, -0.15) is 0 Å². The first-order chi connectivity index (χ1) is 9.40. The van der Waals surface area contributed by atoms with Gasteiger partial charge in [0.05, 0.1) is 17.8 Å². The molecule has 1 fully saturated rings. The number of nitrogens with two attached hydrogens (primary N) is 1. The zero-order valence-corrected chi connectivity index (χ0v) is 11.6. The molecule has 112 valence electrons. The standard InChI is InChI=1S/C12H17FN2O4S/c13-9-2-1-3-10(11(9)14)20(17,18)15-12(8-16)4-6-19-7-5-12/h1-3,15-16H,4-8,14H2. The van der Waals surface area contributed by atoms with E-state index in [1.165, 1.54) is 12.1 Å². The number of hydrogen-bond acceptors (Lipinski definition) is 5. The Bertz CT molecular complexity index is 585. The molecular weight excluding hydrogens is 287 g/mol. The average molecular weight is 304 g/mol. The van der Waals surface area contributed by atoms with Crippen LogP contribution in [0.2, 0.25) is 0 Å². The van der Waals surface area contributed by atoms with Crippen LogP contribution in [-0.2, 0) is 14.8 Å². The Morgan fingerprint density at radius 3 is 2.65 bits per heavy atom. The number of aliphatic hydroxyl groups excluding tert-OH is 1. The molecule has 0 atom stereocenters. The van der Waals surface area contributed by atoms with Crippen LogP contribution in [-0.4, -0.2) is 38.9 Å². The predicted octanol–water partition coefficient (Wildman–Crippen LogP) is 0.228. The number of rotatable bonds is 4. The van der Waals surface area contributed by atoms with Gasteiger partial charge < -0.3 is 15.6 Å². The van der Waals surface area contributed by atoms with Gasteiger partial charge in [-0.3, -0.25) is 0 Å². The summed E-state index contributed by atoms with van der Waals surface area (Å²) in [5.74, 6) is -0.794. The van der Waals surface area contributed by atoms with Crippen molar-refractivity contribution in [2.45, 2.75) is 23.3 Å². The van der Waals surface area contributed by atoms with E-state index < -0.39 is 27.1 Å². The second kappa shape index (κ2) is 5.65. The van der Waals surface area contributed by atoms with Gasteiger partial charge in [0.15, 0.2) is 0 Å². The third-order valence-electron chi connectivity index (χ3n) is 3.41. The molecule has 0 unspecified atom stereocenters. The van der Waals surface area contributed by atoms with Crippen LogP contribution in [0.1, 0.15) is 12.8 Å². The van der Waals surface area contributed by atoms with Gasteiger partial charge in [-0.1, -0.05) is 6.07 Å². The van der Waals surface area contributed by atoms with E-state index in [1.807, 2.05) is 0 Å². The first-order valence-electron chi connectivity index (χ1n) is 6.17. The minimum atomic E-state index is -4.01. The van der Waals surface area contributed by atoms with E-state index in [9.17, 15) is 17.9 Å². The fraction of sp³-hybridized carbons (Fsp3) is 0.500. The summed E-state index contributed by atoms with van der Waals surface area (Å²) in [6.07, 6.45) is 0.690. The topological polar surface area (TPSA) is 102 Å². The lowest BCUT2D eigenvalue weighted by atomic mass is 9.93. The van der Waals surface area contributed by atoms with Crippen molar-refractivity contribution in [1.82, 2.24) is 4.72 Å². The number of para-hydroxylation sites is 1. The van der Waals surface area contributed by atoms with Crippen LogP contribution in [0.25, 0.3) is 0 Å². The lowest BCUT2D eigenvalue weighted by Crippen LogP contribution is -2.54. The predicted molar refractivity (Wildman–Crippen MR) is 71.0 cm³/mol. The lowest BCUT2D eigenvalue weighted by Gasteiger charge is -2.35. The molecule has 1 saturated heterocycles. The van der Waals surface area contributed by atoms with E-state index in [2.05, 4.69) is 4.72 Å². The first-order valence-corrected chi connectivity index (χ1v) is 7.65. The highest BCUT2D eigenvalue weighted by Gasteiger charge is 2.37. The average Bonchev–Trinajstić information content (AvgIpc) is 2.42. The summed E-state index contributed by atoms with van der Waals surface area (Å²) in [6.45, 7) is 0.342. The molecule has 20 heavy (non-hydrogen) atoms. The Hall–Kier alpha value is -1.22. The molecule has 0 saturated carbocycles. The van der Waals surface area contributed by atoms with Crippen molar-refractivity contribution in [2.24, 2.45) is 0 Å². The number of aliphatic hydroxyl groups is 1. The van der Waals surface area contributed by atoms with Crippen molar-refractivity contribution in [3.05, 3.63) is 24.0 Å². The summed E-state index contributed by atoms with van der Waals surface area (Å²) in [6, 6.07) is 3.59. The summed E-state index contributed by atoms with van der Waals surface area (Å²) in [4.78, 5) is -0.322. The number of nitrogen functional groups attached to an aromatic ring is 1. The molecule has 8 heteroatoms. The van der Waals surface area contributed by atoms with Crippen LogP contribution < -0.4 is 10.5 Å². The van der Waals surface area contributed by atoms with Crippen molar-refractivity contribution in [3.8, 4) is 0 Å². The SMILES string of the molecule is Nc1c(F)cccc1S(=O)(=O)NC1(CO)CCOCC1. The van der Waals surface area contributed by atoms with Crippen LogP contribution in [0.3, 0.4) is 0 Å². The molecule has 1 aliphatic rings. The number of halogens is 1. The number of sulfonamides is 1. The third kappa shape index (κ3) is 2.93. The number of benzene rings is 1. The maximum absolute atomic E-state index is 13.4. The van der Waals surface area contributed by atoms with Crippen molar-refractivity contribution >= 4 is 15.7 Å². The second-order valence-corrected chi connectivity index (χ2v) is 6.46. The Morgan fingerprint density at radius 1 is 1.40 bits per heavy atom. The molecule has 0 spiro atoms. The van der Waals surface area contributed by atoms with Gasteiger partial charge in [0.1, 0.15) is 10.7 Å². The van der Waals surface area contributed by atoms with Gasteiger partial charge in [-0.05, 0) is 25.0 Å². The molecule has 1 aliphatic heterocycles. The van der Waals surface area contributed by atoms with Gasteiger partial charge in [0.25, 0.3) is 0 Å². The highest BCUT2D eigenvalue weighted by molar-refractivity contribution is 7.89. The van der Waals surface area contributed by atoms with Crippen LogP contribution in [0.4, 0.5) is 10.1 Å². The van der Waals surface area contributed by atoms with E-state index in [1.54, 1.807) is 0 Å². The molecule has 0 amide bonds. The summed E-state index contributed by atoms with van der Waals surface area (Å²) in [7, 11) is -4.01. The molecule has 4 N–H and O–H groups in total. The van der Waals surface area contributed by atoms with Crippen molar-refractivity contribution in [3.63, 3.8) is 0 Å².